The Balaban J connectivity index is 2.22. The molecule has 2 aromatic heterocycles. The third-order valence-corrected chi connectivity index (χ3v) is 1.89. The van der Waals surface area contributed by atoms with E-state index in [1.54, 1.807) is 0 Å². The molecular formula is C8H12N8O2. The molecule has 0 aliphatic carbocycles. The van der Waals surface area contributed by atoms with Crippen LogP contribution in [0.25, 0.3) is 5.95 Å². The minimum atomic E-state index is 0.0308. The van der Waals surface area contributed by atoms with E-state index in [0.29, 0.717) is 13.0 Å². The molecule has 2 heterocycles. The van der Waals surface area contributed by atoms with Gasteiger partial charge in [0, 0.05) is 13.0 Å². The fourth-order valence-electron chi connectivity index (χ4n) is 1.12. The molecule has 0 radical (unpaired) electrons. The summed E-state index contributed by atoms with van der Waals surface area (Å²) in [5, 5.41) is 12.6. The molecule has 0 spiro atoms. The molecule has 0 aromatic carbocycles. The van der Waals surface area contributed by atoms with Crippen LogP contribution in [0.1, 0.15) is 6.42 Å². The van der Waals surface area contributed by atoms with Gasteiger partial charge >= 0.3 is 6.01 Å². The second-order valence-corrected chi connectivity index (χ2v) is 3.15. The highest BCUT2D eigenvalue weighted by Gasteiger charge is 2.08. The van der Waals surface area contributed by atoms with Gasteiger partial charge in [0.2, 0.25) is 5.95 Å². The van der Waals surface area contributed by atoms with Gasteiger partial charge in [-0.2, -0.15) is 24.7 Å². The minimum absolute atomic E-state index is 0.0308. The number of hydrazine groups is 1. The van der Waals surface area contributed by atoms with Crippen LogP contribution in [0.2, 0.25) is 0 Å². The molecule has 96 valence electrons. The molecule has 0 amide bonds. The van der Waals surface area contributed by atoms with E-state index in [1.807, 2.05) is 0 Å². The van der Waals surface area contributed by atoms with Gasteiger partial charge in [-0.3, -0.25) is 5.43 Å². The number of nitrogens with zero attached hydrogens (tertiary/aromatic N) is 6. The average Bonchev–Trinajstić information content (AvgIpc) is 2.92. The van der Waals surface area contributed by atoms with Crippen LogP contribution < -0.4 is 16.0 Å². The summed E-state index contributed by atoms with van der Waals surface area (Å²) in [5.41, 5.74) is 2.31. The summed E-state index contributed by atoms with van der Waals surface area (Å²) in [4.78, 5) is 15.7. The lowest BCUT2D eigenvalue weighted by Gasteiger charge is -2.06. The van der Waals surface area contributed by atoms with Gasteiger partial charge in [0.05, 0.1) is 6.61 Å². The summed E-state index contributed by atoms with van der Waals surface area (Å²) in [6, 6.07) is 0.0944. The van der Waals surface area contributed by atoms with Gasteiger partial charge in [-0.25, -0.2) is 10.8 Å². The minimum Gasteiger partial charge on any atom is -0.463 e. The number of rotatable bonds is 6. The maximum atomic E-state index is 8.66. The number of anilines is 1. The number of hydrogen-bond acceptors (Lipinski definition) is 9. The van der Waals surface area contributed by atoms with Gasteiger partial charge in [-0.05, 0) is 0 Å². The Morgan fingerprint density at radius 3 is 2.94 bits per heavy atom. The SMILES string of the molecule is NNc1nc(OCCCO)nc(-n2cncn2)n1. The van der Waals surface area contributed by atoms with E-state index in [4.69, 9.17) is 15.7 Å². The molecule has 0 unspecified atom stereocenters. The van der Waals surface area contributed by atoms with E-state index in [2.05, 4.69) is 30.5 Å². The zero-order valence-electron chi connectivity index (χ0n) is 9.39. The molecular weight excluding hydrogens is 240 g/mol. The van der Waals surface area contributed by atoms with Gasteiger partial charge in [0.25, 0.3) is 5.95 Å². The van der Waals surface area contributed by atoms with E-state index in [-0.39, 0.29) is 24.5 Å². The summed E-state index contributed by atoms with van der Waals surface area (Å²) in [7, 11) is 0. The Hall–Kier alpha value is -2.33. The first-order chi connectivity index (χ1) is 8.83. The Labute approximate surface area is 102 Å². The average molecular weight is 252 g/mol. The smallest absolute Gasteiger partial charge is 0.323 e. The molecule has 0 fully saturated rings. The predicted molar refractivity (Wildman–Crippen MR) is 59.8 cm³/mol. The van der Waals surface area contributed by atoms with E-state index >= 15 is 0 Å². The molecule has 10 nitrogen and oxygen atoms in total. The molecule has 0 aliphatic rings. The molecule has 0 saturated heterocycles. The zero-order valence-corrected chi connectivity index (χ0v) is 9.39. The van der Waals surface area contributed by atoms with Crippen molar-refractivity contribution in [3.05, 3.63) is 12.7 Å². The number of aliphatic hydroxyl groups is 1. The molecule has 2 rings (SSSR count). The number of aliphatic hydroxyl groups excluding tert-OH is 1. The molecule has 0 atom stereocenters. The Kier molecular flexibility index (Phi) is 3.94. The van der Waals surface area contributed by atoms with E-state index in [9.17, 15) is 0 Å². The molecule has 0 saturated carbocycles. The highest BCUT2D eigenvalue weighted by atomic mass is 16.5. The number of nitrogens with one attached hydrogen (secondary N) is 1. The van der Waals surface area contributed by atoms with E-state index in [1.165, 1.54) is 17.3 Å². The monoisotopic (exact) mass is 252 g/mol. The lowest BCUT2D eigenvalue weighted by atomic mass is 10.5. The van der Waals surface area contributed by atoms with Crippen LogP contribution in [0.4, 0.5) is 5.95 Å². The van der Waals surface area contributed by atoms with Crippen LogP contribution in [0.3, 0.4) is 0 Å². The summed E-state index contributed by atoms with van der Waals surface area (Å²) >= 11 is 0. The van der Waals surface area contributed by atoms with Crippen molar-refractivity contribution < 1.29 is 9.84 Å². The summed E-state index contributed by atoms with van der Waals surface area (Å²) in [5.74, 6) is 5.63. The van der Waals surface area contributed by atoms with E-state index in [0.717, 1.165) is 0 Å². The van der Waals surface area contributed by atoms with Crippen LogP contribution >= 0.6 is 0 Å². The van der Waals surface area contributed by atoms with Gasteiger partial charge < -0.3 is 9.84 Å². The number of hydrogen-bond donors (Lipinski definition) is 3. The standard InChI is InChI=1S/C8H12N8O2/c9-15-6-12-7(16-5-10-4-11-16)14-8(13-6)18-3-1-2-17/h4-5,17H,1-3,9H2,(H,12,13,14,15). The van der Waals surface area contributed by atoms with Crippen LogP contribution in [0, 0.1) is 0 Å². The van der Waals surface area contributed by atoms with Crippen molar-refractivity contribution in [2.24, 2.45) is 5.84 Å². The zero-order chi connectivity index (χ0) is 12.8. The van der Waals surface area contributed by atoms with Crippen molar-refractivity contribution in [1.29, 1.82) is 0 Å². The first-order valence-corrected chi connectivity index (χ1v) is 5.15. The lowest BCUT2D eigenvalue weighted by molar-refractivity contribution is 0.224. The summed E-state index contributed by atoms with van der Waals surface area (Å²) < 4.78 is 6.60. The quantitative estimate of drug-likeness (QED) is 0.318. The normalized spacial score (nSPS) is 10.3. The fourth-order valence-corrected chi connectivity index (χ4v) is 1.12. The number of ether oxygens (including phenoxy) is 1. The van der Waals surface area contributed by atoms with Gasteiger partial charge in [-0.15, -0.1) is 0 Å². The molecule has 2 aromatic rings. The topological polar surface area (TPSA) is 137 Å². The van der Waals surface area contributed by atoms with Crippen LogP contribution in [0.5, 0.6) is 6.01 Å². The van der Waals surface area contributed by atoms with Gasteiger partial charge in [0.1, 0.15) is 12.7 Å². The van der Waals surface area contributed by atoms with Crippen LogP contribution in [-0.4, -0.2) is 48.0 Å². The Morgan fingerprint density at radius 1 is 1.39 bits per heavy atom. The summed E-state index contributed by atoms with van der Waals surface area (Å²) in [6.07, 6.45) is 3.27. The highest BCUT2D eigenvalue weighted by molar-refractivity contribution is 5.27. The highest BCUT2D eigenvalue weighted by Crippen LogP contribution is 2.09. The van der Waals surface area contributed by atoms with Crippen molar-refractivity contribution >= 4 is 5.95 Å². The predicted octanol–water partition coefficient (Wildman–Crippen LogP) is -1.50. The fraction of sp³-hybridized carbons (Fsp3) is 0.375. The van der Waals surface area contributed by atoms with Crippen molar-refractivity contribution in [3.63, 3.8) is 0 Å². The number of nitrogens with two attached hydrogens (primary N) is 1. The van der Waals surface area contributed by atoms with Crippen LogP contribution in [-0.2, 0) is 0 Å². The first kappa shape index (κ1) is 12.1. The third kappa shape index (κ3) is 2.87. The van der Waals surface area contributed by atoms with E-state index < -0.39 is 0 Å². The second-order valence-electron chi connectivity index (χ2n) is 3.15. The van der Waals surface area contributed by atoms with Crippen molar-refractivity contribution in [2.45, 2.75) is 6.42 Å². The number of nitrogen functional groups attached to an aromatic ring is 1. The molecule has 0 bridgehead atoms. The molecule has 0 aliphatic heterocycles. The van der Waals surface area contributed by atoms with Crippen molar-refractivity contribution in [3.8, 4) is 12.0 Å². The maximum absolute atomic E-state index is 8.66. The first-order valence-electron chi connectivity index (χ1n) is 5.15. The van der Waals surface area contributed by atoms with Crippen molar-refractivity contribution in [1.82, 2.24) is 29.7 Å². The second kappa shape index (κ2) is 5.84. The van der Waals surface area contributed by atoms with Gasteiger partial charge in [-0.1, -0.05) is 0 Å². The van der Waals surface area contributed by atoms with Crippen molar-refractivity contribution in [2.75, 3.05) is 18.6 Å². The lowest BCUT2D eigenvalue weighted by Crippen LogP contribution is -2.15. The number of aromatic nitrogens is 6. The molecule has 18 heavy (non-hydrogen) atoms. The molecule has 10 heteroatoms. The van der Waals surface area contributed by atoms with Crippen LogP contribution in [0.15, 0.2) is 12.7 Å². The Bertz CT molecular complexity index is 488. The molecule has 4 N–H and O–H groups in total. The Morgan fingerprint density at radius 2 is 2.28 bits per heavy atom. The summed E-state index contributed by atoms with van der Waals surface area (Å²) in [6.45, 7) is 0.324. The van der Waals surface area contributed by atoms with Gasteiger partial charge in [0.15, 0.2) is 0 Å². The maximum Gasteiger partial charge on any atom is 0.323 e. The largest absolute Gasteiger partial charge is 0.463 e. The third-order valence-electron chi connectivity index (χ3n) is 1.89.